The van der Waals surface area contributed by atoms with Gasteiger partial charge in [0.2, 0.25) is 0 Å². The van der Waals surface area contributed by atoms with Crippen molar-refractivity contribution in [3.05, 3.63) is 17.0 Å². The smallest absolute Gasteiger partial charge is 0.137 e. The van der Waals surface area contributed by atoms with Crippen LogP contribution in [0.25, 0.3) is 0 Å². The van der Waals surface area contributed by atoms with Gasteiger partial charge in [0.25, 0.3) is 0 Å². The van der Waals surface area contributed by atoms with Crippen LogP contribution in [0.15, 0.2) is 6.33 Å². The van der Waals surface area contributed by atoms with E-state index in [9.17, 15) is 0 Å². The highest BCUT2D eigenvalue weighted by atomic mass is 35.5. The fraction of sp³-hybridized carbons (Fsp3) is 0.600. The molecule has 14 heavy (non-hydrogen) atoms. The lowest BCUT2D eigenvalue weighted by Crippen LogP contribution is -2.42. The first-order valence-corrected chi connectivity index (χ1v) is 5.24. The molecule has 3 nitrogen and oxygen atoms in total. The molecule has 0 spiro atoms. The van der Waals surface area contributed by atoms with Crippen LogP contribution in [-0.2, 0) is 0 Å². The van der Waals surface area contributed by atoms with Crippen LogP contribution in [0.4, 0.5) is 5.82 Å². The number of rotatable bonds is 2. The number of hydrogen-bond donors (Lipinski definition) is 1. The van der Waals surface area contributed by atoms with Crippen LogP contribution in [0.3, 0.4) is 0 Å². The Morgan fingerprint density at radius 2 is 2.14 bits per heavy atom. The molecule has 0 atom stereocenters. The SMILES string of the molecule is Cc1c(Cl)ncnc1NC1(C)CCC1. The van der Waals surface area contributed by atoms with Gasteiger partial charge in [-0.05, 0) is 33.1 Å². The van der Waals surface area contributed by atoms with Crippen molar-refractivity contribution < 1.29 is 0 Å². The quantitative estimate of drug-likeness (QED) is 0.765. The van der Waals surface area contributed by atoms with E-state index in [-0.39, 0.29) is 5.54 Å². The first kappa shape index (κ1) is 9.71. The highest BCUT2D eigenvalue weighted by Gasteiger charge is 2.32. The number of anilines is 1. The summed E-state index contributed by atoms with van der Waals surface area (Å²) in [6, 6.07) is 0. The maximum atomic E-state index is 5.91. The van der Waals surface area contributed by atoms with E-state index in [4.69, 9.17) is 11.6 Å². The summed E-state index contributed by atoms with van der Waals surface area (Å²) in [4.78, 5) is 8.13. The van der Waals surface area contributed by atoms with Gasteiger partial charge in [-0.15, -0.1) is 0 Å². The number of nitrogens with zero attached hydrogens (tertiary/aromatic N) is 2. The molecule has 0 amide bonds. The fourth-order valence-corrected chi connectivity index (χ4v) is 1.81. The zero-order valence-electron chi connectivity index (χ0n) is 8.47. The molecule has 0 bridgehead atoms. The molecule has 1 saturated carbocycles. The van der Waals surface area contributed by atoms with E-state index in [0.29, 0.717) is 5.15 Å². The van der Waals surface area contributed by atoms with Gasteiger partial charge in [0.05, 0.1) is 0 Å². The molecule has 2 rings (SSSR count). The third-order valence-corrected chi connectivity index (χ3v) is 3.28. The van der Waals surface area contributed by atoms with Gasteiger partial charge < -0.3 is 5.32 Å². The molecule has 1 aromatic rings. The average Bonchev–Trinajstić information content (AvgIpc) is 2.10. The van der Waals surface area contributed by atoms with E-state index >= 15 is 0 Å². The molecule has 1 aromatic heterocycles. The highest BCUT2D eigenvalue weighted by Crippen LogP contribution is 2.35. The van der Waals surface area contributed by atoms with Crippen molar-refractivity contribution in [3.8, 4) is 0 Å². The lowest BCUT2D eigenvalue weighted by Gasteiger charge is -2.39. The Bertz CT molecular complexity index is 347. The Morgan fingerprint density at radius 1 is 1.43 bits per heavy atom. The van der Waals surface area contributed by atoms with E-state index in [1.165, 1.54) is 25.6 Å². The number of nitrogens with one attached hydrogen (secondary N) is 1. The third-order valence-electron chi connectivity index (χ3n) is 2.90. The molecular weight excluding hydrogens is 198 g/mol. The number of hydrogen-bond acceptors (Lipinski definition) is 3. The van der Waals surface area contributed by atoms with Gasteiger partial charge in [0.15, 0.2) is 0 Å². The van der Waals surface area contributed by atoms with E-state index in [1.54, 1.807) is 0 Å². The Balaban J connectivity index is 2.20. The lowest BCUT2D eigenvalue weighted by molar-refractivity contribution is 0.305. The Morgan fingerprint density at radius 3 is 2.71 bits per heavy atom. The predicted octanol–water partition coefficient (Wildman–Crippen LogP) is 2.79. The van der Waals surface area contributed by atoms with Crippen molar-refractivity contribution in [2.45, 2.75) is 38.6 Å². The minimum Gasteiger partial charge on any atom is -0.365 e. The van der Waals surface area contributed by atoms with Crippen molar-refractivity contribution in [2.75, 3.05) is 5.32 Å². The van der Waals surface area contributed by atoms with E-state index in [0.717, 1.165) is 11.4 Å². The second kappa shape index (κ2) is 3.39. The first-order valence-electron chi connectivity index (χ1n) is 4.86. The van der Waals surface area contributed by atoms with Crippen molar-refractivity contribution in [2.24, 2.45) is 0 Å². The Hall–Kier alpha value is -0.830. The summed E-state index contributed by atoms with van der Waals surface area (Å²) in [6.07, 6.45) is 5.20. The Labute approximate surface area is 88.9 Å². The van der Waals surface area contributed by atoms with Crippen LogP contribution in [0.1, 0.15) is 31.7 Å². The molecule has 0 radical (unpaired) electrons. The van der Waals surface area contributed by atoms with Gasteiger partial charge in [0, 0.05) is 11.1 Å². The van der Waals surface area contributed by atoms with Crippen molar-refractivity contribution in [3.63, 3.8) is 0 Å². The standard InChI is InChI=1S/C10H14ClN3/c1-7-8(11)12-6-13-9(7)14-10(2)4-3-5-10/h6H,3-5H2,1-2H3,(H,12,13,14). The van der Waals surface area contributed by atoms with Crippen LogP contribution < -0.4 is 5.32 Å². The molecule has 1 N–H and O–H groups in total. The maximum absolute atomic E-state index is 5.91. The molecule has 76 valence electrons. The van der Waals surface area contributed by atoms with Gasteiger partial charge >= 0.3 is 0 Å². The third kappa shape index (κ3) is 1.69. The topological polar surface area (TPSA) is 37.8 Å². The zero-order chi connectivity index (χ0) is 10.2. The molecule has 0 aromatic carbocycles. The van der Waals surface area contributed by atoms with Crippen LogP contribution in [0.5, 0.6) is 0 Å². The van der Waals surface area contributed by atoms with Gasteiger partial charge in [0.1, 0.15) is 17.3 Å². The lowest BCUT2D eigenvalue weighted by atomic mass is 9.78. The van der Waals surface area contributed by atoms with Crippen LogP contribution in [-0.4, -0.2) is 15.5 Å². The van der Waals surface area contributed by atoms with E-state index in [2.05, 4.69) is 22.2 Å². The van der Waals surface area contributed by atoms with Crippen molar-refractivity contribution in [1.82, 2.24) is 9.97 Å². The minimum atomic E-state index is 0.211. The summed E-state index contributed by atoms with van der Waals surface area (Å²) < 4.78 is 0. The highest BCUT2D eigenvalue weighted by molar-refractivity contribution is 6.30. The van der Waals surface area contributed by atoms with Crippen LogP contribution in [0, 0.1) is 6.92 Å². The molecule has 1 aliphatic carbocycles. The van der Waals surface area contributed by atoms with Gasteiger partial charge in [-0.1, -0.05) is 11.6 Å². The molecule has 0 aliphatic heterocycles. The van der Waals surface area contributed by atoms with Gasteiger partial charge in [-0.3, -0.25) is 0 Å². The summed E-state index contributed by atoms with van der Waals surface area (Å²) in [5.74, 6) is 0.868. The monoisotopic (exact) mass is 211 g/mol. The Kier molecular flexibility index (Phi) is 2.35. The molecule has 1 fully saturated rings. The summed E-state index contributed by atoms with van der Waals surface area (Å²) in [7, 11) is 0. The average molecular weight is 212 g/mol. The fourth-order valence-electron chi connectivity index (χ4n) is 1.67. The second-order valence-corrected chi connectivity index (χ2v) is 4.54. The molecule has 0 saturated heterocycles. The van der Waals surface area contributed by atoms with E-state index < -0.39 is 0 Å². The van der Waals surface area contributed by atoms with Crippen LogP contribution >= 0.6 is 11.6 Å². The predicted molar refractivity (Wildman–Crippen MR) is 57.7 cm³/mol. The van der Waals surface area contributed by atoms with E-state index in [1.807, 2.05) is 6.92 Å². The summed E-state index contributed by atoms with van der Waals surface area (Å²) >= 11 is 5.91. The van der Waals surface area contributed by atoms with Crippen molar-refractivity contribution in [1.29, 1.82) is 0 Å². The van der Waals surface area contributed by atoms with Crippen molar-refractivity contribution >= 4 is 17.4 Å². The second-order valence-electron chi connectivity index (χ2n) is 4.18. The summed E-state index contributed by atoms with van der Waals surface area (Å²) in [6.45, 7) is 4.15. The number of aromatic nitrogens is 2. The largest absolute Gasteiger partial charge is 0.365 e. The first-order chi connectivity index (χ1) is 6.61. The molecule has 4 heteroatoms. The summed E-state index contributed by atoms with van der Waals surface area (Å²) in [5, 5.41) is 3.96. The summed E-state index contributed by atoms with van der Waals surface area (Å²) in [5.41, 5.74) is 1.14. The van der Waals surface area contributed by atoms with Gasteiger partial charge in [-0.2, -0.15) is 0 Å². The zero-order valence-corrected chi connectivity index (χ0v) is 9.23. The molecular formula is C10H14ClN3. The molecule has 1 heterocycles. The minimum absolute atomic E-state index is 0.211. The van der Waals surface area contributed by atoms with Crippen LogP contribution in [0.2, 0.25) is 5.15 Å². The molecule has 1 aliphatic rings. The molecule has 0 unspecified atom stereocenters. The maximum Gasteiger partial charge on any atom is 0.137 e. The normalized spacial score (nSPS) is 18.8. The van der Waals surface area contributed by atoms with Gasteiger partial charge in [-0.25, -0.2) is 9.97 Å². The number of halogens is 1.